The maximum absolute atomic E-state index is 6.12. The number of hydrogen-bond donors (Lipinski definition) is 1. The largest absolute Gasteiger partial charge is 0.494 e. The number of anilines is 2. The molecule has 0 spiro atoms. The Kier molecular flexibility index (Phi) is 3.42. The van der Waals surface area contributed by atoms with Gasteiger partial charge in [-0.3, -0.25) is 4.68 Å². The first kappa shape index (κ1) is 13.7. The van der Waals surface area contributed by atoms with Gasteiger partial charge in [-0.2, -0.15) is 5.10 Å². The average molecular weight is 289 g/mol. The molecule has 0 saturated carbocycles. The molecule has 2 N–H and O–H groups in total. The standard InChI is InChI=1S/C14H19N5O2/c1-18-8-16-14(17-18)11-4-9(5-12(15)13(11)21-3)19-6-10(7-19)20-2/h4-5,8,10H,6-7,15H2,1-3H3. The Morgan fingerprint density at radius 3 is 2.62 bits per heavy atom. The summed E-state index contributed by atoms with van der Waals surface area (Å²) >= 11 is 0. The molecular weight excluding hydrogens is 270 g/mol. The van der Waals surface area contributed by atoms with Gasteiger partial charge in [0, 0.05) is 32.9 Å². The topological polar surface area (TPSA) is 78.4 Å². The van der Waals surface area contributed by atoms with Crippen molar-refractivity contribution in [3.8, 4) is 17.1 Å². The van der Waals surface area contributed by atoms with Crippen LogP contribution in [0.2, 0.25) is 0 Å². The lowest BCUT2D eigenvalue weighted by Gasteiger charge is -2.40. The molecule has 1 aromatic carbocycles. The first-order chi connectivity index (χ1) is 10.1. The third-order valence-corrected chi connectivity index (χ3v) is 3.69. The molecule has 0 unspecified atom stereocenters. The van der Waals surface area contributed by atoms with E-state index >= 15 is 0 Å². The van der Waals surface area contributed by atoms with Crippen LogP contribution in [-0.2, 0) is 11.8 Å². The normalized spacial score (nSPS) is 15.1. The summed E-state index contributed by atoms with van der Waals surface area (Å²) in [5.74, 6) is 1.21. The summed E-state index contributed by atoms with van der Waals surface area (Å²) in [7, 11) is 5.16. The molecule has 0 amide bonds. The monoisotopic (exact) mass is 289 g/mol. The maximum atomic E-state index is 6.12. The van der Waals surface area contributed by atoms with E-state index in [0.717, 1.165) is 24.3 Å². The zero-order chi connectivity index (χ0) is 15.0. The number of nitrogens with zero attached hydrogens (tertiary/aromatic N) is 4. The summed E-state index contributed by atoms with van der Waals surface area (Å²) in [4.78, 5) is 6.49. The molecule has 0 bridgehead atoms. The van der Waals surface area contributed by atoms with E-state index in [-0.39, 0.29) is 6.10 Å². The number of hydrogen-bond acceptors (Lipinski definition) is 6. The zero-order valence-electron chi connectivity index (χ0n) is 12.4. The van der Waals surface area contributed by atoms with Crippen molar-refractivity contribution in [1.29, 1.82) is 0 Å². The van der Waals surface area contributed by atoms with Crippen LogP contribution in [0.1, 0.15) is 0 Å². The predicted molar refractivity (Wildman–Crippen MR) is 80.4 cm³/mol. The summed E-state index contributed by atoms with van der Waals surface area (Å²) < 4.78 is 12.4. The summed E-state index contributed by atoms with van der Waals surface area (Å²) in [5.41, 5.74) is 8.53. The van der Waals surface area contributed by atoms with Gasteiger partial charge in [-0.25, -0.2) is 4.98 Å². The smallest absolute Gasteiger partial charge is 0.184 e. The Hall–Kier alpha value is -2.28. The molecule has 2 aromatic rings. The van der Waals surface area contributed by atoms with Gasteiger partial charge < -0.3 is 20.1 Å². The van der Waals surface area contributed by atoms with Crippen LogP contribution >= 0.6 is 0 Å². The number of nitrogen functional groups attached to an aromatic ring is 1. The number of rotatable bonds is 4. The van der Waals surface area contributed by atoms with Crippen molar-refractivity contribution in [3.05, 3.63) is 18.5 Å². The van der Waals surface area contributed by atoms with Crippen molar-refractivity contribution < 1.29 is 9.47 Å². The molecule has 1 aliphatic heterocycles. The number of aromatic nitrogens is 3. The van der Waals surface area contributed by atoms with Gasteiger partial charge in [0.2, 0.25) is 0 Å². The van der Waals surface area contributed by atoms with Crippen molar-refractivity contribution in [1.82, 2.24) is 14.8 Å². The second kappa shape index (κ2) is 5.25. The highest BCUT2D eigenvalue weighted by atomic mass is 16.5. The third kappa shape index (κ3) is 2.40. The van der Waals surface area contributed by atoms with Crippen molar-refractivity contribution in [2.45, 2.75) is 6.10 Å². The van der Waals surface area contributed by atoms with Crippen LogP contribution in [0.5, 0.6) is 5.75 Å². The van der Waals surface area contributed by atoms with E-state index in [1.165, 1.54) is 0 Å². The fourth-order valence-corrected chi connectivity index (χ4v) is 2.47. The molecule has 112 valence electrons. The molecule has 2 heterocycles. The van der Waals surface area contributed by atoms with Crippen LogP contribution in [-0.4, -0.2) is 48.2 Å². The van der Waals surface area contributed by atoms with Crippen molar-refractivity contribution in [2.75, 3.05) is 37.9 Å². The number of benzene rings is 1. The number of methoxy groups -OCH3 is 2. The summed E-state index contributed by atoms with van der Waals surface area (Å²) in [5, 5.41) is 4.33. The highest BCUT2D eigenvalue weighted by molar-refractivity contribution is 5.79. The average Bonchev–Trinajstić information content (AvgIpc) is 2.83. The molecule has 0 radical (unpaired) electrons. The highest BCUT2D eigenvalue weighted by Crippen LogP contribution is 2.38. The van der Waals surface area contributed by atoms with Gasteiger partial charge in [0.1, 0.15) is 6.33 Å². The van der Waals surface area contributed by atoms with Gasteiger partial charge in [0.15, 0.2) is 11.6 Å². The molecule has 0 aliphatic carbocycles. The third-order valence-electron chi connectivity index (χ3n) is 3.69. The van der Waals surface area contributed by atoms with Gasteiger partial charge in [0.05, 0.1) is 24.5 Å². The Morgan fingerprint density at radius 2 is 2.05 bits per heavy atom. The lowest BCUT2D eigenvalue weighted by atomic mass is 10.1. The fraction of sp³-hybridized carbons (Fsp3) is 0.429. The van der Waals surface area contributed by atoms with Crippen LogP contribution in [0.3, 0.4) is 0 Å². The molecular formula is C14H19N5O2. The minimum atomic E-state index is 0.282. The molecule has 7 nitrogen and oxygen atoms in total. The van der Waals surface area contributed by atoms with Gasteiger partial charge in [-0.15, -0.1) is 0 Å². The first-order valence-electron chi connectivity index (χ1n) is 6.73. The second-order valence-electron chi connectivity index (χ2n) is 5.12. The Bertz CT molecular complexity index is 649. The minimum absolute atomic E-state index is 0.282. The van der Waals surface area contributed by atoms with E-state index in [1.54, 1.807) is 25.2 Å². The minimum Gasteiger partial charge on any atom is -0.494 e. The van der Waals surface area contributed by atoms with Gasteiger partial charge in [0.25, 0.3) is 0 Å². The number of ether oxygens (including phenoxy) is 2. The van der Waals surface area contributed by atoms with Crippen LogP contribution in [0, 0.1) is 0 Å². The van der Waals surface area contributed by atoms with Gasteiger partial charge >= 0.3 is 0 Å². The number of nitrogens with two attached hydrogens (primary N) is 1. The van der Waals surface area contributed by atoms with E-state index in [4.69, 9.17) is 15.2 Å². The van der Waals surface area contributed by atoms with E-state index in [0.29, 0.717) is 17.3 Å². The lowest BCUT2D eigenvalue weighted by Crippen LogP contribution is -2.51. The summed E-state index contributed by atoms with van der Waals surface area (Å²) in [6, 6.07) is 3.92. The lowest BCUT2D eigenvalue weighted by molar-refractivity contribution is 0.0788. The molecule has 1 aromatic heterocycles. The zero-order valence-corrected chi connectivity index (χ0v) is 12.4. The van der Waals surface area contributed by atoms with Gasteiger partial charge in [-0.05, 0) is 12.1 Å². The molecule has 3 rings (SSSR count). The van der Waals surface area contributed by atoms with Crippen LogP contribution in [0.4, 0.5) is 11.4 Å². The van der Waals surface area contributed by atoms with E-state index in [2.05, 4.69) is 15.0 Å². The Labute approximate surface area is 123 Å². The number of aryl methyl sites for hydroxylation is 1. The quantitative estimate of drug-likeness (QED) is 0.843. The van der Waals surface area contributed by atoms with Crippen LogP contribution < -0.4 is 15.4 Å². The molecule has 1 fully saturated rings. The van der Waals surface area contributed by atoms with Crippen LogP contribution in [0.25, 0.3) is 11.4 Å². The fourth-order valence-electron chi connectivity index (χ4n) is 2.47. The molecule has 0 atom stereocenters. The summed E-state index contributed by atoms with van der Waals surface area (Å²) in [6.07, 6.45) is 1.94. The van der Waals surface area contributed by atoms with Crippen molar-refractivity contribution >= 4 is 11.4 Å². The van der Waals surface area contributed by atoms with E-state index in [9.17, 15) is 0 Å². The molecule has 1 aliphatic rings. The first-order valence-corrected chi connectivity index (χ1v) is 6.73. The highest BCUT2D eigenvalue weighted by Gasteiger charge is 2.28. The Morgan fingerprint density at radius 1 is 1.29 bits per heavy atom. The van der Waals surface area contributed by atoms with E-state index in [1.807, 2.05) is 19.2 Å². The molecule has 21 heavy (non-hydrogen) atoms. The second-order valence-corrected chi connectivity index (χ2v) is 5.12. The van der Waals surface area contributed by atoms with Crippen molar-refractivity contribution in [2.24, 2.45) is 7.05 Å². The van der Waals surface area contributed by atoms with Gasteiger partial charge in [-0.1, -0.05) is 0 Å². The molecule has 1 saturated heterocycles. The Balaban J connectivity index is 1.99. The predicted octanol–water partition coefficient (Wildman–Crippen LogP) is 0.908. The SMILES string of the molecule is COc1c(N)cc(N2CC(OC)C2)cc1-c1ncn(C)n1. The molecule has 7 heteroatoms. The van der Waals surface area contributed by atoms with Crippen molar-refractivity contribution in [3.63, 3.8) is 0 Å². The summed E-state index contributed by atoms with van der Waals surface area (Å²) in [6.45, 7) is 1.72. The van der Waals surface area contributed by atoms with E-state index < -0.39 is 0 Å². The van der Waals surface area contributed by atoms with Crippen LogP contribution in [0.15, 0.2) is 18.5 Å². The maximum Gasteiger partial charge on any atom is 0.184 e.